The molecule has 0 saturated heterocycles. The number of ketones is 1. The van der Waals surface area contributed by atoms with Crippen LogP contribution in [0.4, 0.5) is 0 Å². The summed E-state index contributed by atoms with van der Waals surface area (Å²) in [6.07, 6.45) is 2.00. The highest BCUT2D eigenvalue weighted by Crippen LogP contribution is 2.46. The molecule has 0 bridgehead atoms. The molecule has 0 spiro atoms. The monoisotopic (exact) mass is 363 g/mol. The van der Waals surface area contributed by atoms with Gasteiger partial charge in [0.15, 0.2) is 11.5 Å². The van der Waals surface area contributed by atoms with Crippen LogP contribution in [0.25, 0.3) is 16.8 Å². The molecule has 143 valence electrons. The molecule has 3 rings (SSSR count). The van der Waals surface area contributed by atoms with E-state index in [2.05, 4.69) is 62.3 Å². The lowest BCUT2D eigenvalue weighted by molar-refractivity contribution is 0.101. The van der Waals surface area contributed by atoms with Crippen LogP contribution in [0.15, 0.2) is 23.8 Å². The number of carbonyl (C=O) groups is 1. The number of rotatable bonds is 0. The van der Waals surface area contributed by atoms with E-state index in [1.807, 2.05) is 24.3 Å². The molecule has 2 aromatic rings. The Balaban J connectivity index is 2.52. The van der Waals surface area contributed by atoms with Crippen molar-refractivity contribution >= 4 is 22.6 Å². The van der Waals surface area contributed by atoms with Gasteiger partial charge < -0.3 is 0 Å². The maximum absolute atomic E-state index is 13.4. The highest BCUT2D eigenvalue weighted by atomic mass is 16.3. The molecule has 0 amide bonds. The fourth-order valence-electron chi connectivity index (χ4n) is 3.78. The Kier molecular flexibility index (Phi) is 4.15. The van der Waals surface area contributed by atoms with Gasteiger partial charge in [0, 0.05) is 27.5 Å². The van der Waals surface area contributed by atoms with Gasteiger partial charge in [-0.2, -0.15) is 0 Å². The minimum absolute atomic E-state index is 0.0500. The molecule has 1 aliphatic rings. The third-order valence-corrected chi connectivity index (χ3v) is 5.49. The second-order valence-corrected chi connectivity index (χ2v) is 10.9. The number of hydrogen-bond donors (Lipinski definition) is 0. The van der Waals surface area contributed by atoms with Gasteiger partial charge in [-0.3, -0.25) is 9.90 Å². The SMILES string of the molecule is CC(C)(C)C1=Cc2cc(C(C)(C)C)c([O])c3cc(C(C)(C)C)cc(c23)C1=O. The van der Waals surface area contributed by atoms with Crippen LogP contribution in [0.1, 0.15) is 89.4 Å². The van der Waals surface area contributed by atoms with Gasteiger partial charge in [0.2, 0.25) is 0 Å². The second-order valence-electron chi connectivity index (χ2n) is 10.9. The van der Waals surface area contributed by atoms with E-state index in [9.17, 15) is 9.90 Å². The molecular formula is C25H31O2. The summed E-state index contributed by atoms with van der Waals surface area (Å²) in [5, 5.41) is 14.8. The van der Waals surface area contributed by atoms with E-state index >= 15 is 0 Å². The Morgan fingerprint density at radius 2 is 1.33 bits per heavy atom. The number of Topliss-reactive ketones (excluding diaryl/α,β-unsaturated/α-hetero) is 1. The van der Waals surface area contributed by atoms with Crippen molar-refractivity contribution in [3.05, 3.63) is 46.0 Å². The van der Waals surface area contributed by atoms with Crippen molar-refractivity contribution < 1.29 is 9.90 Å². The van der Waals surface area contributed by atoms with Gasteiger partial charge >= 0.3 is 0 Å². The lowest BCUT2D eigenvalue weighted by Crippen LogP contribution is -2.22. The molecule has 0 aromatic heterocycles. The van der Waals surface area contributed by atoms with E-state index < -0.39 is 0 Å². The summed E-state index contributed by atoms with van der Waals surface area (Å²) in [6, 6.07) is 6.01. The number of benzene rings is 2. The molecule has 0 heterocycles. The van der Waals surface area contributed by atoms with Gasteiger partial charge in [0.05, 0.1) is 0 Å². The first-order chi connectivity index (χ1) is 12.1. The van der Waals surface area contributed by atoms with Crippen LogP contribution >= 0.6 is 0 Å². The van der Waals surface area contributed by atoms with Crippen LogP contribution in [-0.4, -0.2) is 5.78 Å². The lowest BCUT2D eigenvalue weighted by atomic mass is 9.73. The summed E-state index contributed by atoms with van der Waals surface area (Å²) in [4.78, 5) is 13.4. The van der Waals surface area contributed by atoms with Crippen molar-refractivity contribution in [2.45, 2.75) is 73.1 Å². The van der Waals surface area contributed by atoms with Crippen molar-refractivity contribution in [2.75, 3.05) is 0 Å². The Morgan fingerprint density at radius 3 is 1.81 bits per heavy atom. The number of carbonyl (C=O) groups excluding carboxylic acids is 1. The van der Waals surface area contributed by atoms with E-state index in [0.29, 0.717) is 10.9 Å². The van der Waals surface area contributed by atoms with Crippen LogP contribution < -0.4 is 0 Å². The molecule has 2 nitrogen and oxygen atoms in total. The minimum Gasteiger partial charge on any atom is -0.289 e. The predicted molar refractivity (Wildman–Crippen MR) is 113 cm³/mol. The summed E-state index contributed by atoms with van der Waals surface area (Å²) in [6.45, 7) is 18.8. The smallest absolute Gasteiger partial charge is 0.190 e. The largest absolute Gasteiger partial charge is 0.289 e. The summed E-state index contributed by atoms with van der Waals surface area (Å²) >= 11 is 0. The molecule has 27 heavy (non-hydrogen) atoms. The molecule has 1 aliphatic carbocycles. The fourth-order valence-corrected chi connectivity index (χ4v) is 3.78. The number of allylic oxidation sites excluding steroid dienone is 1. The zero-order valence-electron chi connectivity index (χ0n) is 18.1. The average Bonchev–Trinajstić information content (AvgIpc) is 2.49. The van der Waals surface area contributed by atoms with E-state index in [0.717, 1.165) is 27.6 Å². The minimum atomic E-state index is -0.253. The Hall–Kier alpha value is -2.09. The molecular weight excluding hydrogens is 332 g/mol. The average molecular weight is 364 g/mol. The maximum Gasteiger partial charge on any atom is 0.190 e. The van der Waals surface area contributed by atoms with Gasteiger partial charge in [-0.05, 0) is 51.6 Å². The molecule has 0 atom stereocenters. The normalized spacial score (nSPS) is 15.3. The van der Waals surface area contributed by atoms with Gasteiger partial charge in [-0.25, -0.2) is 0 Å². The first-order valence-corrected chi connectivity index (χ1v) is 9.72. The van der Waals surface area contributed by atoms with Crippen LogP contribution in [0, 0.1) is 5.41 Å². The highest BCUT2D eigenvalue weighted by molar-refractivity contribution is 6.24. The van der Waals surface area contributed by atoms with Crippen LogP contribution in [-0.2, 0) is 15.9 Å². The van der Waals surface area contributed by atoms with Crippen molar-refractivity contribution in [1.29, 1.82) is 0 Å². The number of hydrogen-bond acceptors (Lipinski definition) is 1. The van der Waals surface area contributed by atoms with E-state index in [1.165, 1.54) is 0 Å². The predicted octanol–water partition coefficient (Wildman–Crippen LogP) is 7.20. The van der Waals surface area contributed by atoms with Crippen LogP contribution in [0.5, 0.6) is 5.75 Å². The van der Waals surface area contributed by atoms with Crippen molar-refractivity contribution in [3.8, 4) is 5.75 Å². The quantitative estimate of drug-likeness (QED) is 0.487. The maximum atomic E-state index is 13.4. The highest BCUT2D eigenvalue weighted by Gasteiger charge is 2.33. The van der Waals surface area contributed by atoms with Crippen LogP contribution in [0.3, 0.4) is 0 Å². The van der Waals surface area contributed by atoms with E-state index in [4.69, 9.17) is 0 Å². The lowest BCUT2D eigenvalue weighted by Gasteiger charge is -2.30. The standard InChI is InChI=1S/C25H31O2/c1-23(2,3)15-12-16-20-14(10-18(21(16)26)24(4,5)6)11-19(25(7,8)9)22(27)17(20)13-15/h10-13H,1-9H3. The molecule has 0 saturated carbocycles. The Bertz CT molecular complexity index is 984. The summed E-state index contributed by atoms with van der Waals surface area (Å²) in [5.74, 6) is 0.100. The first kappa shape index (κ1) is 19.7. The van der Waals surface area contributed by atoms with Crippen molar-refractivity contribution in [1.82, 2.24) is 0 Å². The summed E-state index contributed by atoms with van der Waals surface area (Å²) in [7, 11) is 0. The van der Waals surface area contributed by atoms with Crippen molar-refractivity contribution in [2.24, 2.45) is 5.41 Å². The molecule has 0 aliphatic heterocycles. The zero-order valence-corrected chi connectivity index (χ0v) is 18.1. The fraction of sp³-hybridized carbons (Fsp3) is 0.480. The topological polar surface area (TPSA) is 37.0 Å². The van der Waals surface area contributed by atoms with E-state index in [-0.39, 0.29) is 27.8 Å². The van der Waals surface area contributed by atoms with Gasteiger partial charge in [-0.15, -0.1) is 0 Å². The van der Waals surface area contributed by atoms with Gasteiger partial charge in [0.25, 0.3) is 0 Å². The second kappa shape index (κ2) is 5.70. The van der Waals surface area contributed by atoms with E-state index in [1.54, 1.807) is 0 Å². The molecule has 2 heteroatoms. The molecule has 2 aromatic carbocycles. The molecule has 0 unspecified atom stereocenters. The molecule has 0 fully saturated rings. The molecule has 0 N–H and O–H groups in total. The van der Waals surface area contributed by atoms with Crippen LogP contribution in [0.2, 0.25) is 0 Å². The third kappa shape index (κ3) is 3.20. The van der Waals surface area contributed by atoms with Gasteiger partial charge in [0.1, 0.15) is 0 Å². The summed E-state index contributed by atoms with van der Waals surface area (Å²) < 4.78 is 0. The first-order valence-electron chi connectivity index (χ1n) is 9.72. The summed E-state index contributed by atoms with van der Waals surface area (Å²) in [5.41, 5.74) is 3.67. The van der Waals surface area contributed by atoms with Gasteiger partial charge in [-0.1, -0.05) is 62.3 Å². The molecule has 1 radical (unpaired) electrons. The Labute approximate surface area is 163 Å². The third-order valence-electron chi connectivity index (χ3n) is 5.49. The Morgan fingerprint density at radius 1 is 0.741 bits per heavy atom. The van der Waals surface area contributed by atoms with Crippen molar-refractivity contribution in [3.63, 3.8) is 0 Å². The zero-order chi connectivity index (χ0) is 20.5.